The zero-order chi connectivity index (χ0) is 17.2. The molecule has 0 radical (unpaired) electrons. The van der Waals surface area contributed by atoms with Gasteiger partial charge >= 0.3 is 0 Å². The van der Waals surface area contributed by atoms with Crippen molar-refractivity contribution in [2.45, 2.75) is 37.0 Å². The number of fused-ring (bicyclic) bond motifs is 1. The van der Waals surface area contributed by atoms with Gasteiger partial charge in [-0.25, -0.2) is 13.6 Å². The highest BCUT2D eigenvalue weighted by Gasteiger charge is 2.31. The van der Waals surface area contributed by atoms with Crippen LogP contribution in [-0.4, -0.2) is 38.9 Å². The van der Waals surface area contributed by atoms with Crippen molar-refractivity contribution in [1.29, 1.82) is 0 Å². The van der Waals surface area contributed by atoms with Crippen molar-refractivity contribution in [3.05, 3.63) is 24.3 Å². The van der Waals surface area contributed by atoms with Crippen LogP contribution in [0.2, 0.25) is 0 Å². The quantitative estimate of drug-likeness (QED) is 0.865. The van der Waals surface area contributed by atoms with E-state index in [1.807, 2.05) is 0 Å². The number of piperidine rings is 1. The van der Waals surface area contributed by atoms with Crippen molar-refractivity contribution in [3.8, 4) is 0 Å². The van der Waals surface area contributed by atoms with Crippen LogP contribution in [-0.2, 0) is 14.8 Å². The number of anilines is 1. The van der Waals surface area contributed by atoms with E-state index in [9.17, 15) is 13.2 Å². The van der Waals surface area contributed by atoms with E-state index in [0.717, 1.165) is 24.9 Å². The van der Waals surface area contributed by atoms with Crippen LogP contribution in [0.4, 0.5) is 5.69 Å². The van der Waals surface area contributed by atoms with Crippen LogP contribution >= 0.6 is 0 Å². The molecule has 132 valence electrons. The maximum absolute atomic E-state index is 12.3. The second-order valence-corrected chi connectivity index (χ2v) is 8.51. The highest BCUT2D eigenvalue weighted by molar-refractivity contribution is 7.89. The molecule has 3 rings (SSSR count). The smallest absolute Gasteiger partial charge is 0.238 e. The molecule has 1 aliphatic heterocycles. The van der Waals surface area contributed by atoms with Gasteiger partial charge in [-0.05, 0) is 49.4 Å². The van der Waals surface area contributed by atoms with Crippen molar-refractivity contribution in [2.75, 3.05) is 25.0 Å². The number of likely N-dealkylation sites (tertiary alicyclic amines) is 1. The Hall–Kier alpha value is -1.44. The van der Waals surface area contributed by atoms with Gasteiger partial charge in [0.25, 0.3) is 0 Å². The number of carbonyl (C=O) groups excluding carboxylic acids is 1. The lowest BCUT2D eigenvalue weighted by atomic mass is 9.75. The predicted molar refractivity (Wildman–Crippen MR) is 92.9 cm³/mol. The highest BCUT2D eigenvalue weighted by Crippen LogP contribution is 2.35. The third-order valence-electron chi connectivity index (χ3n) is 5.19. The van der Waals surface area contributed by atoms with E-state index in [-0.39, 0.29) is 10.8 Å². The van der Waals surface area contributed by atoms with Crippen LogP contribution in [0, 0.1) is 11.8 Å². The number of nitrogens with zero attached hydrogens (tertiary/aromatic N) is 1. The summed E-state index contributed by atoms with van der Waals surface area (Å²) >= 11 is 0. The summed E-state index contributed by atoms with van der Waals surface area (Å²) < 4.78 is 22.8. The molecule has 2 atom stereocenters. The lowest BCUT2D eigenvalue weighted by Crippen LogP contribution is -2.44. The average Bonchev–Trinajstić information content (AvgIpc) is 2.54. The number of rotatable bonds is 4. The highest BCUT2D eigenvalue weighted by atomic mass is 32.2. The topological polar surface area (TPSA) is 92.5 Å². The summed E-state index contributed by atoms with van der Waals surface area (Å²) in [5.74, 6) is 1.45. The molecule has 2 fully saturated rings. The second kappa shape index (κ2) is 7.21. The summed E-state index contributed by atoms with van der Waals surface area (Å²) in [5, 5.41) is 7.89. The Morgan fingerprint density at radius 2 is 1.96 bits per heavy atom. The Labute approximate surface area is 143 Å². The van der Waals surface area contributed by atoms with Gasteiger partial charge in [0.1, 0.15) is 0 Å². The number of sulfonamides is 1. The SMILES string of the molecule is NS(=O)(=O)c1cccc(NC(=O)CN2CCC3CCCCC3C2)c1. The van der Waals surface area contributed by atoms with Crippen molar-refractivity contribution < 1.29 is 13.2 Å². The van der Waals surface area contributed by atoms with E-state index < -0.39 is 10.0 Å². The van der Waals surface area contributed by atoms with Crippen LogP contribution in [0.5, 0.6) is 0 Å². The first-order chi connectivity index (χ1) is 11.4. The molecule has 1 saturated heterocycles. The minimum absolute atomic E-state index is 0.00307. The molecule has 0 bridgehead atoms. The molecular formula is C17H25N3O3S. The Kier molecular flexibility index (Phi) is 5.22. The van der Waals surface area contributed by atoms with Crippen LogP contribution in [0.3, 0.4) is 0 Å². The fourth-order valence-electron chi connectivity index (χ4n) is 3.97. The number of hydrogen-bond donors (Lipinski definition) is 2. The normalized spacial score (nSPS) is 25.0. The fraction of sp³-hybridized carbons (Fsp3) is 0.588. The largest absolute Gasteiger partial charge is 0.325 e. The molecule has 1 aromatic carbocycles. The Bertz CT molecular complexity index is 705. The predicted octanol–water partition coefficient (Wildman–Crippen LogP) is 1.78. The summed E-state index contributed by atoms with van der Waals surface area (Å²) in [5.41, 5.74) is 0.457. The van der Waals surface area contributed by atoms with Gasteiger partial charge in [-0.1, -0.05) is 25.3 Å². The minimum Gasteiger partial charge on any atom is -0.325 e. The zero-order valence-electron chi connectivity index (χ0n) is 13.8. The van der Waals surface area contributed by atoms with Crippen LogP contribution in [0.1, 0.15) is 32.1 Å². The molecule has 24 heavy (non-hydrogen) atoms. The van der Waals surface area contributed by atoms with E-state index in [2.05, 4.69) is 10.2 Å². The summed E-state index contributed by atoms with van der Waals surface area (Å²) in [6.07, 6.45) is 6.45. The third kappa shape index (κ3) is 4.34. The van der Waals surface area contributed by atoms with Crippen LogP contribution < -0.4 is 10.5 Å². The number of nitrogens with two attached hydrogens (primary N) is 1. The standard InChI is InChI=1S/C17H25N3O3S/c18-24(22,23)16-7-3-6-15(10-16)19-17(21)12-20-9-8-13-4-1-2-5-14(13)11-20/h3,6-7,10,13-14H,1-2,4-5,8-9,11-12H2,(H,19,21)(H2,18,22,23). The maximum Gasteiger partial charge on any atom is 0.238 e. The van der Waals surface area contributed by atoms with Crippen molar-refractivity contribution >= 4 is 21.6 Å². The molecular weight excluding hydrogens is 326 g/mol. The van der Waals surface area contributed by atoms with Gasteiger partial charge in [0.15, 0.2) is 0 Å². The molecule has 6 nitrogen and oxygen atoms in total. The van der Waals surface area contributed by atoms with Gasteiger partial charge < -0.3 is 5.32 Å². The molecule has 0 aromatic heterocycles. The number of primary sulfonamides is 1. The Balaban J connectivity index is 1.56. The van der Waals surface area contributed by atoms with Crippen molar-refractivity contribution in [2.24, 2.45) is 17.0 Å². The third-order valence-corrected chi connectivity index (χ3v) is 6.10. The van der Waals surface area contributed by atoms with E-state index >= 15 is 0 Å². The summed E-state index contributed by atoms with van der Waals surface area (Å²) in [7, 11) is -3.76. The molecule has 1 aliphatic carbocycles. The minimum atomic E-state index is -3.76. The number of amides is 1. The second-order valence-electron chi connectivity index (χ2n) is 6.95. The molecule has 1 heterocycles. The number of hydrogen-bond acceptors (Lipinski definition) is 4. The number of nitrogens with one attached hydrogen (secondary N) is 1. The van der Waals surface area contributed by atoms with Gasteiger partial charge in [-0.15, -0.1) is 0 Å². The van der Waals surface area contributed by atoms with E-state index in [0.29, 0.717) is 12.2 Å². The monoisotopic (exact) mass is 351 g/mol. The molecule has 1 aromatic rings. The van der Waals surface area contributed by atoms with Crippen molar-refractivity contribution in [3.63, 3.8) is 0 Å². The first-order valence-corrected chi connectivity index (χ1v) is 10.1. The van der Waals surface area contributed by atoms with E-state index in [1.165, 1.54) is 44.2 Å². The Morgan fingerprint density at radius 3 is 2.71 bits per heavy atom. The number of carbonyl (C=O) groups is 1. The Morgan fingerprint density at radius 1 is 1.21 bits per heavy atom. The summed E-state index contributed by atoms with van der Waals surface area (Å²) in [6.45, 7) is 2.31. The molecule has 7 heteroatoms. The lowest BCUT2D eigenvalue weighted by molar-refractivity contribution is -0.118. The van der Waals surface area contributed by atoms with E-state index in [1.54, 1.807) is 12.1 Å². The van der Waals surface area contributed by atoms with Crippen LogP contribution in [0.25, 0.3) is 0 Å². The molecule has 1 saturated carbocycles. The van der Waals surface area contributed by atoms with Gasteiger partial charge in [0.2, 0.25) is 15.9 Å². The molecule has 1 amide bonds. The maximum atomic E-state index is 12.3. The van der Waals surface area contributed by atoms with Gasteiger partial charge in [0.05, 0.1) is 11.4 Å². The zero-order valence-corrected chi connectivity index (χ0v) is 14.6. The van der Waals surface area contributed by atoms with Gasteiger partial charge in [0, 0.05) is 12.2 Å². The molecule has 0 spiro atoms. The summed E-state index contributed by atoms with van der Waals surface area (Å²) in [6, 6.07) is 6.04. The lowest BCUT2D eigenvalue weighted by Gasteiger charge is -2.41. The molecule has 2 aliphatic rings. The van der Waals surface area contributed by atoms with Crippen LogP contribution in [0.15, 0.2) is 29.2 Å². The first-order valence-electron chi connectivity index (χ1n) is 8.57. The first kappa shape index (κ1) is 17.4. The summed E-state index contributed by atoms with van der Waals surface area (Å²) in [4.78, 5) is 14.5. The van der Waals surface area contributed by atoms with Crippen molar-refractivity contribution in [1.82, 2.24) is 4.90 Å². The average molecular weight is 351 g/mol. The van der Waals surface area contributed by atoms with Gasteiger partial charge in [-0.2, -0.15) is 0 Å². The molecule has 3 N–H and O–H groups in total. The molecule has 2 unspecified atom stereocenters. The fourth-order valence-corrected chi connectivity index (χ4v) is 4.53. The van der Waals surface area contributed by atoms with E-state index in [4.69, 9.17) is 5.14 Å². The van der Waals surface area contributed by atoms with Gasteiger partial charge in [-0.3, -0.25) is 9.69 Å². The number of benzene rings is 1.